The van der Waals surface area contributed by atoms with Crippen LogP contribution in [0.2, 0.25) is 0 Å². The lowest BCUT2D eigenvalue weighted by molar-refractivity contribution is 0.165. The van der Waals surface area contributed by atoms with Gasteiger partial charge in [0.25, 0.3) is 0 Å². The van der Waals surface area contributed by atoms with Crippen molar-refractivity contribution in [1.82, 2.24) is 4.90 Å². The van der Waals surface area contributed by atoms with Gasteiger partial charge in [-0.3, -0.25) is 4.90 Å². The topological polar surface area (TPSA) is 29.3 Å². The summed E-state index contributed by atoms with van der Waals surface area (Å²) >= 11 is 0. The van der Waals surface area contributed by atoms with E-state index in [1.54, 1.807) is 13.0 Å². The molecule has 0 aliphatic carbocycles. The van der Waals surface area contributed by atoms with Gasteiger partial charge in [0.05, 0.1) is 0 Å². The molecule has 2 N–H and O–H groups in total. The quantitative estimate of drug-likeness (QED) is 0.925. The predicted octanol–water partition coefficient (Wildman–Crippen LogP) is 3.12. The van der Waals surface area contributed by atoms with Gasteiger partial charge in [-0.1, -0.05) is 12.1 Å². The summed E-state index contributed by atoms with van der Waals surface area (Å²) in [6, 6.07) is 5.84. The summed E-state index contributed by atoms with van der Waals surface area (Å²) in [5.74, 6) is 0.550. The van der Waals surface area contributed by atoms with Crippen molar-refractivity contribution in [3.63, 3.8) is 0 Å². The highest BCUT2D eigenvalue weighted by molar-refractivity contribution is 5.85. The minimum Gasteiger partial charge on any atom is -0.328 e. The molecule has 1 aromatic rings. The van der Waals surface area contributed by atoms with E-state index in [-0.39, 0.29) is 18.2 Å². The van der Waals surface area contributed by atoms with Gasteiger partial charge in [0.1, 0.15) is 5.82 Å². The molecule has 1 saturated heterocycles. The van der Waals surface area contributed by atoms with E-state index < -0.39 is 0 Å². The number of nitrogens with two attached hydrogens (primary N) is 1. The van der Waals surface area contributed by atoms with Crippen molar-refractivity contribution in [1.29, 1.82) is 0 Å². The van der Waals surface area contributed by atoms with Gasteiger partial charge in [-0.15, -0.1) is 12.4 Å². The smallest absolute Gasteiger partial charge is 0.126 e. The largest absolute Gasteiger partial charge is 0.328 e. The van der Waals surface area contributed by atoms with Crippen LogP contribution in [-0.2, 0) is 6.54 Å². The van der Waals surface area contributed by atoms with Gasteiger partial charge in [-0.05, 0) is 62.9 Å². The van der Waals surface area contributed by atoms with Crippen LogP contribution < -0.4 is 5.73 Å². The molecule has 0 amide bonds. The minimum atomic E-state index is -0.0991. The summed E-state index contributed by atoms with van der Waals surface area (Å²) < 4.78 is 13.5. The molecule has 1 heterocycles. The second-order valence-corrected chi connectivity index (χ2v) is 5.56. The number of piperidine rings is 1. The Bertz CT molecular complexity index is 401. The van der Waals surface area contributed by atoms with E-state index >= 15 is 0 Å². The summed E-state index contributed by atoms with van der Waals surface area (Å²) in [4.78, 5) is 2.39. The maximum atomic E-state index is 13.5. The average molecular weight is 287 g/mol. The van der Waals surface area contributed by atoms with Crippen molar-refractivity contribution >= 4 is 12.4 Å². The van der Waals surface area contributed by atoms with Crippen LogP contribution in [0.25, 0.3) is 0 Å². The number of benzene rings is 1. The first-order chi connectivity index (χ1) is 8.56. The van der Waals surface area contributed by atoms with Gasteiger partial charge < -0.3 is 5.73 Å². The number of nitrogens with zero attached hydrogens (tertiary/aromatic N) is 1. The second-order valence-electron chi connectivity index (χ2n) is 5.56. The van der Waals surface area contributed by atoms with E-state index in [1.807, 2.05) is 12.1 Å². The molecular formula is C15H24ClFN2. The van der Waals surface area contributed by atoms with Gasteiger partial charge in [0.15, 0.2) is 0 Å². The molecule has 108 valence electrons. The molecule has 4 heteroatoms. The summed E-state index contributed by atoms with van der Waals surface area (Å²) in [7, 11) is 0. The molecule has 0 aromatic heterocycles. The Morgan fingerprint density at radius 1 is 1.37 bits per heavy atom. The van der Waals surface area contributed by atoms with Crippen LogP contribution in [0.15, 0.2) is 18.2 Å². The van der Waals surface area contributed by atoms with Crippen LogP contribution in [0.4, 0.5) is 4.39 Å². The monoisotopic (exact) mass is 286 g/mol. The maximum Gasteiger partial charge on any atom is 0.126 e. The molecule has 1 aliphatic rings. The zero-order valence-corrected chi connectivity index (χ0v) is 12.5. The predicted molar refractivity (Wildman–Crippen MR) is 80.0 cm³/mol. The van der Waals surface area contributed by atoms with Gasteiger partial charge in [0.2, 0.25) is 0 Å². The third kappa shape index (κ3) is 4.44. The van der Waals surface area contributed by atoms with Crippen LogP contribution in [-0.4, -0.2) is 24.0 Å². The van der Waals surface area contributed by atoms with Crippen LogP contribution in [0.5, 0.6) is 0 Å². The third-order valence-corrected chi connectivity index (χ3v) is 4.02. The Kier molecular flexibility index (Phi) is 6.24. The third-order valence-electron chi connectivity index (χ3n) is 4.02. The SMILES string of the molecule is Cc1ccc(CN2CCC(C(C)N)CC2)cc1F.Cl. The summed E-state index contributed by atoms with van der Waals surface area (Å²) in [6.07, 6.45) is 2.32. The molecule has 19 heavy (non-hydrogen) atoms. The first kappa shape index (κ1) is 16.4. The first-order valence-corrected chi connectivity index (χ1v) is 6.79. The Morgan fingerprint density at radius 2 is 2.00 bits per heavy atom. The van der Waals surface area contributed by atoms with Crippen LogP contribution in [0.3, 0.4) is 0 Å². The lowest BCUT2D eigenvalue weighted by Crippen LogP contribution is -2.39. The summed E-state index contributed by atoms with van der Waals surface area (Å²) in [5.41, 5.74) is 7.72. The van der Waals surface area contributed by atoms with Crippen molar-refractivity contribution in [3.8, 4) is 0 Å². The van der Waals surface area contributed by atoms with E-state index in [4.69, 9.17) is 5.73 Å². The van der Waals surface area contributed by atoms with Crippen LogP contribution >= 0.6 is 12.4 Å². The van der Waals surface area contributed by atoms with Gasteiger partial charge in [-0.25, -0.2) is 4.39 Å². The van der Waals surface area contributed by atoms with Crippen molar-refractivity contribution in [2.24, 2.45) is 11.7 Å². The number of hydrogen-bond acceptors (Lipinski definition) is 2. The Labute approximate surface area is 121 Å². The van der Waals surface area contributed by atoms with Gasteiger partial charge in [0, 0.05) is 12.6 Å². The summed E-state index contributed by atoms with van der Waals surface area (Å²) in [5, 5.41) is 0. The standard InChI is InChI=1S/C15H23FN2.ClH/c1-11-3-4-13(9-15(11)16)10-18-7-5-14(6-8-18)12(2)17;/h3-4,9,12,14H,5-8,10,17H2,1-2H3;1H. The van der Waals surface area contributed by atoms with E-state index in [9.17, 15) is 4.39 Å². The highest BCUT2D eigenvalue weighted by atomic mass is 35.5. The molecule has 2 rings (SSSR count). The molecule has 1 aliphatic heterocycles. The van der Waals surface area contributed by atoms with Gasteiger partial charge in [-0.2, -0.15) is 0 Å². The Balaban J connectivity index is 0.00000180. The average Bonchev–Trinajstić information content (AvgIpc) is 2.34. The minimum absolute atomic E-state index is 0. The summed E-state index contributed by atoms with van der Waals surface area (Å²) in [6.45, 7) is 6.88. The molecule has 0 saturated carbocycles. The molecule has 0 spiro atoms. The Hall–Kier alpha value is -0.640. The molecule has 1 fully saturated rings. The normalized spacial score (nSPS) is 18.9. The highest BCUT2D eigenvalue weighted by Crippen LogP contribution is 2.21. The zero-order chi connectivity index (χ0) is 13.1. The fourth-order valence-corrected chi connectivity index (χ4v) is 2.63. The van der Waals surface area contributed by atoms with E-state index in [1.165, 1.54) is 0 Å². The maximum absolute atomic E-state index is 13.5. The van der Waals surface area contributed by atoms with E-state index in [0.29, 0.717) is 12.0 Å². The highest BCUT2D eigenvalue weighted by Gasteiger charge is 2.21. The Morgan fingerprint density at radius 3 is 2.53 bits per heavy atom. The first-order valence-electron chi connectivity index (χ1n) is 6.79. The van der Waals surface area contributed by atoms with Crippen molar-refractivity contribution in [3.05, 3.63) is 35.1 Å². The number of likely N-dealkylation sites (tertiary alicyclic amines) is 1. The fourth-order valence-electron chi connectivity index (χ4n) is 2.63. The number of hydrogen-bond donors (Lipinski definition) is 1. The molecule has 2 nitrogen and oxygen atoms in total. The molecule has 0 radical (unpaired) electrons. The van der Waals surface area contributed by atoms with Crippen molar-refractivity contribution in [2.75, 3.05) is 13.1 Å². The zero-order valence-electron chi connectivity index (χ0n) is 11.7. The number of aryl methyl sites for hydroxylation is 1. The van der Waals surface area contributed by atoms with E-state index in [0.717, 1.165) is 43.6 Å². The molecule has 1 unspecified atom stereocenters. The van der Waals surface area contributed by atoms with Crippen molar-refractivity contribution < 1.29 is 4.39 Å². The van der Waals surface area contributed by atoms with E-state index in [2.05, 4.69) is 11.8 Å². The molecule has 1 atom stereocenters. The second kappa shape index (κ2) is 7.22. The lowest BCUT2D eigenvalue weighted by Gasteiger charge is -2.33. The van der Waals surface area contributed by atoms with Crippen LogP contribution in [0.1, 0.15) is 30.9 Å². The number of rotatable bonds is 3. The molecule has 1 aromatic carbocycles. The van der Waals surface area contributed by atoms with Crippen LogP contribution in [0, 0.1) is 18.7 Å². The van der Waals surface area contributed by atoms with Gasteiger partial charge >= 0.3 is 0 Å². The van der Waals surface area contributed by atoms with Crippen molar-refractivity contribution in [2.45, 2.75) is 39.3 Å². The molecular weight excluding hydrogens is 263 g/mol. The number of halogens is 2. The lowest BCUT2D eigenvalue weighted by atomic mass is 9.91. The molecule has 0 bridgehead atoms. The fraction of sp³-hybridized carbons (Fsp3) is 0.600.